The molecule has 1 aliphatic carbocycles. The highest BCUT2D eigenvalue weighted by atomic mass is 32.2. The molecule has 21 heavy (non-hydrogen) atoms. The second-order valence-corrected chi connectivity index (χ2v) is 6.42. The molecular formula is C17H19NO2S. The molecule has 4 heteroatoms. The molecule has 1 fully saturated rings. The fourth-order valence-corrected chi connectivity index (χ4v) is 4.23. The van der Waals surface area contributed by atoms with Gasteiger partial charge in [-0.1, -0.05) is 54.9 Å². The molecule has 0 saturated heterocycles. The first-order valence-corrected chi connectivity index (χ1v) is 8.27. The number of aliphatic imine (C=N–C) groups is 1. The minimum Gasteiger partial charge on any atom is -0.463 e. The maximum atomic E-state index is 11.8. The van der Waals surface area contributed by atoms with E-state index in [9.17, 15) is 4.79 Å². The zero-order chi connectivity index (χ0) is 14.7. The summed E-state index contributed by atoms with van der Waals surface area (Å²) in [5, 5.41) is 1.02. The predicted molar refractivity (Wildman–Crippen MR) is 86.5 cm³/mol. The maximum Gasteiger partial charge on any atom is 0.331 e. The van der Waals surface area contributed by atoms with Crippen molar-refractivity contribution in [1.82, 2.24) is 0 Å². The van der Waals surface area contributed by atoms with E-state index >= 15 is 0 Å². The maximum absolute atomic E-state index is 11.8. The number of thioether (sulfide) groups is 1. The summed E-state index contributed by atoms with van der Waals surface area (Å²) in [6.07, 6.45) is 6.06. The van der Waals surface area contributed by atoms with Crippen LogP contribution in [0.1, 0.15) is 38.2 Å². The zero-order valence-electron chi connectivity index (χ0n) is 12.2. The molecule has 3 rings (SSSR count). The molecule has 0 aromatic heterocycles. The van der Waals surface area contributed by atoms with Gasteiger partial charge < -0.3 is 4.74 Å². The highest BCUT2D eigenvalue weighted by Crippen LogP contribution is 2.50. The molecule has 1 heterocycles. The van der Waals surface area contributed by atoms with Crippen LogP contribution in [-0.2, 0) is 9.53 Å². The molecule has 110 valence electrons. The van der Waals surface area contributed by atoms with E-state index in [0.29, 0.717) is 6.61 Å². The van der Waals surface area contributed by atoms with Gasteiger partial charge in [0, 0.05) is 16.5 Å². The van der Waals surface area contributed by atoms with Crippen LogP contribution in [0.4, 0.5) is 0 Å². The number of carbonyl (C=O) groups is 1. The van der Waals surface area contributed by atoms with Crippen LogP contribution in [0.15, 0.2) is 46.3 Å². The summed E-state index contributed by atoms with van der Waals surface area (Å²) in [5.74, 6) is -0.254. The van der Waals surface area contributed by atoms with Gasteiger partial charge in [0.05, 0.1) is 12.1 Å². The van der Waals surface area contributed by atoms with Crippen LogP contribution in [0.5, 0.6) is 0 Å². The van der Waals surface area contributed by atoms with Gasteiger partial charge in [-0.2, -0.15) is 0 Å². The molecule has 2 aliphatic rings. The number of ether oxygens (including phenoxy) is 1. The lowest BCUT2D eigenvalue weighted by molar-refractivity contribution is -0.137. The molecule has 3 nitrogen and oxygen atoms in total. The molecule has 0 radical (unpaired) electrons. The number of nitrogens with zero attached hydrogens (tertiary/aromatic N) is 1. The Morgan fingerprint density at radius 3 is 2.71 bits per heavy atom. The minimum atomic E-state index is -0.254. The molecule has 0 atom stereocenters. The normalized spacial score (nSPS) is 21.8. The summed E-state index contributed by atoms with van der Waals surface area (Å²) >= 11 is 1.62. The van der Waals surface area contributed by atoms with E-state index in [-0.39, 0.29) is 11.5 Å². The average Bonchev–Trinajstić information content (AvgIpc) is 3.10. The van der Waals surface area contributed by atoms with Crippen LogP contribution in [0.25, 0.3) is 0 Å². The highest BCUT2D eigenvalue weighted by molar-refractivity contribution is 8.18. The van der Waals surface area contributed by atoms with Crippen molar-refractivity contribution in [2.45, 2.75) is 38.1 Å². The van der Waals surface area contributed by atoms with Gasteiger partial charge in [0.25, 0.3) is 0 Å². The second kappa shape index (κ2) is 6.06. The van der Waals surface area contributed by atoms with Gasteiger partial charge in [0.1, 0.15) is 5.04 Å². The number of benzene rings is 1. The number of carbonyl (C=O) groups excluding carboxylic acids is 1. The Kier molecular flexibility index (Phi) is 4.15. The smallest absolute Gasteiger partial charge is 0.331 e. The minimum absolute atomic E-state index is 0.178. The van der Waals surface area contributed by atoms with Crippen molar-refractivity contribution in [3.05, 3.63) is 46.9 Å². The summed E-state index contributed by atoms with van der Waals surface area (Å²) in [6.45, 7) is 2.24. The Labute approximate surface area is 129 Å². The summed E-state index contributed by atoms with van der Waals surface area (Å²) in [6, 6.07) is 10.2. The van der Waals surface area contributed by atoms with Crippen LogP contribution in [0.2, 0.25) is 0 Å². The number of esters is 1. The summed E-state index contributed by atoms with van der Waals surface area (Å²) in [4.78, 5) is 17.9. The van der Waals surface area contributed by atoms with E-state index in [0.717, 1.165) is 28.4 Å². The van der Waals surface area contributed by atoms with Crippen LogP contribution in [0.3, 0.4) is 0 Å². The van der Waals surface area contributed by atoms with E-state index in [4.69, 9.17) is 9.73 Å². The van der Waals surface area contributed by atoms with Crippen molar-refractivity contribution in [3.8, 4) is 0 Å². The average molecular weight is 301 g/mol. The largest absolute Gasteiger partial charge is 0.463 e. The summed E-state index contributed by atoms with van der Waals surface area (Å²) in [5.41, 5.74) is 0.948. The fourth-order valence-electron chi connectivity index (χ4n) is 2.95. The first kappa shape index (κ1) is 14.4. The van der Waals surface area contributed by atoms with Gasteiger partial charge >= 0.3 is 5.97 Å². The van der Waals surface area contributed by atoms with Crippen LogP contribution in [0, 0.1) is 0 Å². The third-order valence-electron chi connectivity index (χ3n) is 3.97. The molecule has 1 spiro atoms. The Morgan fingerprint density at radius 1 is 1.33 bits per heavy atom. The Morgan fingerprint density at radius 2 is 2.05 bits per heavy atom. The van der Waals surface area contributed by atoms with Crippen molar-refractivity contribution in [2.75, 3.05) is 6.61 Å². The van der Waals surface area contributed by atoms with Gasteiger partial charge in [-0.15, -0.1) is 0 Å². The van der Waals surface area contributed by atoms with Gasteiger partial charge in [-0.25, -0.2) is 4.79 Å². The summed E-state index contributed by atoms with van der Waals surface area (Å²) < 4.78 is 5.07. The lowest BCUT2D eigenvalue weighted by Gasteiger charge is -2.20. The lowest BCUT2D eigenvalue weighted by atomic mass is 9.97. The number of rotatable bonds is 3. The molecule has 0 unspecified atom stereocenters. The Hall–Kier alpha value is -1.55. The molecule has 0 amide bonds. The lowest BCUT2D eigenvalue weighted by Crippen LogP contribution is -2.21. The standard InChI is InChI=1S/C17H19NO2S/c1-2-20-15(19)12-14-17(10-6-7-11-17)18-16(21-14)13-8-4-3-5-9-13/h3-5,8-9,12H,2,6-7,10-11H2,1H3/b14-12+. The predicted octanol–water partition coefficient (Wildman–Crippen LogP) is 3.94. The van der Waals surface area contributed by atoms with Crippen molar-refractivity contribution in [1.29, 1.82) is 0 Å². The van der Waals surface area contributed by atoms with Crippen molar-refractivity contribution in [3.63, 3.8) is 0 Å². The molecule has 1 aliphatic heterocycles. The van der Waals surface area contributed by atoms with Gasteiger partial charge in [0.2, 0.25) is 0 Å². The van der Waals surface area contributed by atoms with E-state index in [2.05, 4.69) is 12.1 Å². The molecule has 1 aromatic carbocycles. The molecule has 0 bridgehead atoms. The van der Waals surface area contributed by atoms with E-state index < -0.39 is 0 Å². The quantitative estimate of drug-likeness (QED) is 0.627. The molecule has 1 saturated carbocycles. The van der Waals surface area contributed by atoms with Crippen LogP contribution in [-0.4, -0.2) is 23.2 Å². The first-order valence-electron chi connectivity index (χ1n) is 7.45. The zero-order valence-corrected chi connectivity index (χ0v) is 13.0. The van der Waals surface area contributed by atoms with E-state index in [1.54, 1.807) is 17.8 Å². The molecule has 1 aromatic rings. The molecular weight excluding hydrogens is 282 g/mol. The van der Waals surface area contributed by atoms with Crippen LogP contribution >= 0.6 is 11.8 Å². The Balaban J connectivity index is 1.92. The second-order valence-electron chi connectivity index (χ2n) is 5.38. The number of hydrogen-bond donors (Lipinski definition) is 0. The third kappa shape index (κ3) is 2.91. The van der Waals surface area contributed by atoms with E-state index in [1.807, 2.05) is 25.1 Å². The first-order chi connectivity index (χ1) is 10.2. The van der Waals surface area contributed by atoms with Crippen molar-refractivity contribution >= 4 is 22.8 Å². The van der Waals surface area contributed by atoms with Gasteiger partial charge in [0.15, 0.2) is 0 Å². The number of hydrogen-bond acceptors (Lipinski definition) is 4. The summed E-state index contributed by atoms with van der Waals surface area (Å²) in [7, 11) is 0. The third-order valence-corrected chi connectivity index (χ3v) is 5.21. The highest BCUT2D eigenvalue weighted by Gasteiger charge is 2.43. The van der Waals surface area contributed by atoms with E-state index in [1.165, 1.54) is 12.8 Å². The van der Waals surface area contributed by atoms with Crippen molar-refractivity contribution < 1.29 is 9.53 Å². The monoisotopic (exact) mass is 301 g/mol. The SMILES string of the molecule is CCOC(=O)/C=C1/SC(c2ccccc2)=NC12CCCC2. The fraction of sp³-hybridized carbons (Fsp3) is 0.412. The Bertz CT molecular complexity index is 586. The van der Waals surface area contributed by atoms with Crippen LogP contribution < -0.4 is 0 Å². The topological polar surface area (TPSA) is 38.7 Å². The van der Waals surface area contributed by atoms with Crippen molar-refractivity contribution in [2.24, 2.45) is 4.99 Å². The van der Waals surface area contributed by atoms with Gasteiger partial charge in [-0.05, 0) is 19.8 Å². The van der Waals surface area contributed by atoms with Gasteiger partial charge in [-0.3, -0.25) is 4.99 Å². The molecule has 0 N–H and O–H groups in total.